The van der Waals surface area contributed by atoms with Gasteiger partial charge in [0, 0.05) is 5.41 Å². The first-order valence-corrected chi connectivity index (χ1v) is 9.75. The van der Waals surface area contributed by atoms with Gasteiger partial charge in [-0.05, 0) is 73.0 Å². The fraction of sp³-hybridized carbons (Fsp3) is 0.857. The van der Waals surface area contributed by atoms with Crippen LogP contribution < -0.4 is 0 Å². The molecule has 0 N–H and O–H groups in total. The van der Waals surface area contributed by atoms with Crippen LogP contribution in [0.3, 0.4) is 0 Å². The number of hydrogen-bond acceptors (Lipinski definition) is 2. The predicted octanol–water partition coefficient (Wildman–Crippen LogP) is 4.59. The smallest absolute Gasteiger partial charge is 0.313 e. The maximum absolute atomic E-state index is 12.5. The lowest BCUT2D eigenvalue weighted by Gasteiger charge is -2.62. The van der Waals surface area contributed by atoms with Crippen molar-refractivity contribution in [3.05, 3.63) is 12.2 Å². The highest BCUT2D eigenvalue weighted by atomic mass is 16.5. The van der Waals surface area contributed by atoms with E-state index in [0.29, 0.717) is 17.9 Å². The highest BCUT2D eigenvalue weighted by Crippen LogP contribution is 2.72. The van der Waals surface area contributed by atoms with Crippen molar-refractivity contribution in [3.63, 3.8) is 0 Å². The standard InChI is InChI=1S/C21H30O2/c1-13-10-20-8-7-16-19(2,3)15-6-9-21(16,12-23-18(15)22)17(20)5-4-14(13)11-20/h6,9,13-17H,4-5,7-8,10-12H2,1-3H3/t13-,14-,15?,16+,17+,20+,21-/m1/s1. The zero-order chi connectivity index (χ0) is 16.0. The van der Waals surface area contributed by atoms with Crippen LogP contribution in [-0.2, 0) is 9.53 Å². The van der Waals surface area contributed by atoms with Crippen molar-refractivity contribution >= 4 is 5.97 Å². The molecule has 23 heavy (non-hydrogen) atoms. The molecule has 4 aliphatic carbocycles. The van der Waals surface area contributed by atoms with Crippen molar-refractivity contribution in [2.45, 2.75) is 59.3 Å². The molecule has 4 bridgehead atoms. The number of ether oxygens (including phenoxy) is 1. The minimum absolute atomic E-state index is 0.0278. The Morgan fingerprint density at radius 1 is 1.13 bits per heavy atom. The van der Waals surface area contributed by atoms with Gasteiger partial charge in [0.1, 0.15) is 6.61 Å². The van der Waals surface area contributed by atoms with Crippen LogP contribution in [-0.4, -0.2) is 12.6 Å². The number of hydrogen-bond donors (Lipinski definition) is 0. The van der Waals surface area contributed by atoms with Gasteiger partial charge < -0.3 is 4.74 Å². The zero-order valence-corrected chi connectivity index (χ0v) is 14.8. The Balaban J connectivity index is 1.65. The van der Waals surface area contributed by atoms with Crippen LogP contribution in [0.5, 0.6) is 0 Å². The summed E-state index contributed by atoms with van der Waals surface area (Å²) in [5.74, 6) is 3.20. The third-order valence-corrected chi connectivity index (χ3v) is 9.01. The predicted molar refractivity (Wildman–Crippen MR) is 89.6 cm³/mol. The molecule has 1 saturated heterocycles. The lowest BCUT2D eigenvalue weighted by atomic mass is 9.41. The van der Waals surface area contributed by atoms with Crippen LogP contribution in [0.15, 0.2) is 12.2 Å². The van der Waals surface area contributed by atoms with E-state index in [1.807, 2.05) is 0 Å². The lowest BCUT2D eigenvalue weighted by molar-refractivity contribution is -0.150. The van der Waals surface area contributed by atoms with Crippen LogP contribution in [0.4, 0.5) is 0 Å². The maximum Gasteiger partial charge on any atom is 0.313 e. The molecule has 0 radical (unpaired) electrons. The number of fused-ring (bicyclic) bond motifs is 3. The molecular weight excluding hydrogens is 284 g/mol. The molecule has 0 amide bonds. The second-order valence-electron chi connectivity index (χ2n) is 10.1. The van der Waals surface area contributed by atoms with Gasteiger partial charge in [-0.2, -0.15) is 0 Å². The summed E-state index contributed by atoms with van der Waals surface area (Å²) < 4.78 is 5.86. The Bertz CT molecular complexity index is 587. The molecule has 2 aliphatic heterocycles. The molecule has 0 aromatic rings. The quantitative estimate of drug-likeness (QED) is 0.483. The Morgan fingerprint density at radius 2 is 1.96 bits per heavy atom. The number of esters is 1. The van der Waals surface area contributed by atoms with Crippen LogP contribution in [0.25, 0.3) is 0 Å². The number of carbonyl (C=O) groups excluding carboxylic acids is 1. The molecule has 6 rings (SSSR count). The molecule has 3 saturated carbocycles. The molecular formula is C21H30O2. The van der Waals surface area contributed by atoms with E-state index < -0.39 is 0 Å². The van der Waals surface area contributed by atoms with E-state index in [2.05, 4.69) is 32.9 Å². The Labute approximate surface area is 140 Å². The van der Waals surface area contributed by atoms with Crippen molar-refractivity contribution in [2.24, 2.45) is 45.8 Å². The van der Waals surface area contributed by atoms with Crippen LogP contribution in [0.1, 0.15) is 59.3 Å². The van der Waals surface area contributed by atoms with Gasteiger partial charge in [0.2, 0.25) is 0 Å². The second-order valence-corrected chi connectivity index (χ2v) is 10.1. The van der Waals surface area contributed by atoms with Gasteiger partial charge in [-0.3, -0.25) is 4.79 Å². The third kappa shape index (κ3) is 1.59. The van der Waals surface area contributed by atoms with E-state index in [4.69, 9.17) is 4.74 Å². The molecule has 1 unspecified atom stereocenters. The Kier molecular flexibility index (Phi) is 2.68. The normalized spacial score (nSPS) is 55.8. The van der Waals surface area contributed by atoms with Gasteiger partial charge in [-0.25, -0.2) is 0 Å². The van der Waals surface area contributed by atoms with Gasteiger partial charge in [0.15, 0.2) is 0 Å². The highest BCUT2D eigenvalue weighted by Gasteiger charge is 2.67. The average molecular weight is 314 g/mol. The molecule has 2 spiro atoms. The summed E-state index contributed by atoms with van der Waals surface area (Å²) in [4.78, 5) is 12.5. The lowest BCUT2D eigenvalue weighted by Crippen LogP contribution is -2.57. The van der Waals surface area contributed by atoms with Gasteiger partial charge in [0.25, 0.3) is 0 Å². The Morgan fingerprint density at radius 3 is 2.78 bits per heavy atom. The minimum atomic E-state index is -0.0315. The fourth-order valence-electron chi connectivity index (χ4n) is 8.09. The van der Waals surface area contributed by atoms with E-state index in [1.54, 1.807) is 0 Å². The molecule has 7 atom stereocenters. The molecule has 126 valence electrons. The van der Waals surface area contributed by atoms with Gasteiger partial charge in [0.05, 0.1) is 5.92 Å². The van der Waals surface area contributed by atoms with E-state index >= 15 is 0 Å². The molecule has 0 aromatic heterocycles. The van der Waals surface area contributed by atoms with Gasteiger partial charge in [-0.15, -0.1) is 0 Å². The first-order chi connectivity index (χ1) is 10.9. The average Bonchev–Trinajstić information content (AvgIpc) is 2.62. The van der Waals surface area contributed by atoms with Crippen LogP contribution in [0.2, 0.25) is 0 Å². The summed E-state index contributed by atoms with van der Waals surface area (Å²) in [6.07, 6.45) is 13.0. The third-order valence-electron chi connectivity index (χ3n) is 9.01. The summed E-state index contributed by atoms with van der Waals surface area (Å²) in [5, 5.41) is 0. The van der Waals surface area contributed by atoms with E-state index in [-0.39, 0.29) is 22.7 Å². The first-order valence-electron chi connectivity index (χ1n) is 9.75. The van der Waals surface area contributed by atoms with E-state index in [1.165, 1.54) is 38.5 Å². The topological polar surface area (TPSA) is 26.3 Å². The molecule has 2 nitrogen and oxygen atoms in total. The fourth-order valence-corrected chi connectivity index (χ4v) is 8.09. The summed E-state index contributed by atoms with van der Waals surface area (Å²) >= 11 is 0. The van der Waals surface area contributed by atoms with E-state index in [9.17, 15) is 4.79 Å². The van der Waals surface area contributed by atoms with Crippen LogP contribution in [0, 0.1) is 45.8 Å². The molecule has 2 heteroatoms. The summed E-state index contributed by atoms with van der Waals surface area (Å²) in [5.41, 5.74) is 0.716. The van der Waals surface area contributed by atoms with Gasteiger partial charge in [-0.1, -0.05) is 32.9 Å². The summed E-state index contributed by atoms with van der Waals surface area (Å²) in [7, 11) is 0. The first kappa shape index (κ1) is 14.5. The van der Waals surface area contributed by atoms with E-state index in [0.717, 1.165) is 17.8 Å². The number of carbonyl (C=O) groups is 1. The number of rotatable bonds is 0. The molecule has 4 fully saturated rings. The Hall–Kier alpha value is -0.790. The molecule has 2 heterocycles. The van der Waals surface area contributed by atoms with Crippen molar-refractivity contribution in [3.8, 4) is 0 Å². The summed E-state index contributed by atoms with van der Waals surface area (Å²) in [6, 6.07) is 0. The largest absolute Gasteiger partial charge is 0.464 e. The molecule has 0 aromatic carbocycles. The van der Waals surface area contributed by atoms with Crippen molar-refractivity contribution in [2.75, 3.05) is 6.61 Å². The summed E-state index contributed by atoms with van der Waals surface area (Å²) in [6.45, 7) is 7.79. The monoisotopic (exact) mass is 314 g/mol. The van der Waals surface area contributed by atoms with Crippen molar-refractivity contribution in [1.29, 1.82) is 0 Å². The highest BCUT2D eigenvalue weighted by molar-refractivity contribution is 5.77. The minimum Gasteiger partial charge on any atom is -0.464 e. The van der Waals surface area contributed by atoms with Crippen molar-refractivity contribution < 1.29 is 9.53 Å². The van der Waals surface area contributed by atoms with Gasteiger partial charge >= 0.3 is 5.97 Å². The van der Waals surface area contributed by atoms with Crippen LogP contribution >= 0.6 is 0 Å². The SMILES string of the molecule is C[C@@H]1C[C@]23CC[C@H]4C(C)(C)C5C=C[C@]4(COC5=O)[C@H]2CC[C@@H]1C3. The maximum atomic E-state index is 12.5. The second kappa shape index (κ2) is 4.24. The molecule has 6 aliphatic rings. The zero-order valence-electron chi connectivity index (χ0n) is 14.8. The van der Waals surface area contributed by atoms with Crippen molar-refractivity contribution in [1.82, 2.24) is 0 Å².